The molecule has 0 fully saturated rings. The van der Waals surface area contributed by atoms with Gasteiger partial charge in [0.25, 0.3) is 0 Å². The molecule has 1 aromatic heterocycles. The lowest BCUT2D eigenvalue weighted by Crippen LogP contribution is -2.18. The Labute approximate surface area is 129 Å². The van der Waals surface area contributed by atoms with Gasteiger partial charge < -0.3 is 5.32 Å². The van der Waals surface area contributed by atoms with Crippen molar-refractivity contribution < 1.29 is 0 Å². The van der Waals surface area contributed by atoms with Gasteiger partial charge in [0, 0.05) is 23.6 Å². The molecule has 1 aromatic rings. The molecule has 1 N–H and O–H groups in total. The average Bonchev–Trinajstić information content (AvgIpc) is 2.53. The van der Waals surface area contributed by atoms with Crippen LogP contribution in [0, 0.1) is 0 Å². The fourth-order valence-corrected chi connectivity index (χ4v) is 3.89. The summed E-state index contributed by atoms with van der Waals surface area (Å²) < 4.78 is 0. The van der Waals surface area contributed by atoms with Crippen LogP contribution in [0.5, 0.6) is 0 Å². The van der Waals surface area contributed by atoms with Gasteiger partial charge >= 0.3 is 0 Å². The lowest BCUT2D eigenvalue weighted by molar-refractivity contribution is 0.627. The molecule has 0 aliphatic heterocycles. The summed E-state index contributed by atoms with van der Waals surface area (Å²) >= 11 is 0. The molecule has 0 aromatic carbocycles. The summed E-state index contributed by atoms with van der Waals surface area (Å²) in [5.74, 6) is 0. The topological polar surface area (TPSA) is 24.9 Å². The number of aromatic nitrogens is 1. The first kappa shape index (κ1) is 14.9. The highest BCUT2D eigenvalue weighted by molar-refractivity contribution is 5.62. The van der Waals surface area contributed by atoms with E-state index >= 15 is 0 Å². The Balaban J connectivity index is 1.79. The molecule has 0 atom stereocenters. The molecule has 0 saturated heterocycles. The molecule has 0 spiro atoms. The minimum atomic E-state index is 1.14. The molecular formula is C19H30N2. The molecule has 2 heteroatoms. The molecular weight excluding hydrogens is 256 g/mol. The second-order valence-electron chi connectivity index (χ2n) is 6.74. The van der Waals surface area contributed by atoms with Crippen molar-refractivity contribution in [3.05, 3.63) is 22.5 Å². The Morgan fingerprint density at radius 1 is 0.810 bits per heavy atom. The van der Waals surface area contributed by atoms with E-state index in [1.807, 2.05) is 0 Å². The molecule has 0 radical (unpaired) electrons. The molecule has 1 heterocycles. The standard InChI is InChI=1S/C19H30N2/c1-2-3-4-9-14-20-19-15-10-5-7-12-17(15)21-18-13-8-6-11-16(18)19/h2-14H2,1H3,(H,20,21). The Morgan fingerprint density at radius 3 is 2.05 bits per heavy atom. The maximum atomic E-state index is 5.03. The van der Waals surface area contributed by atoms with E-state index < -0.39 is 0 Å². The van der Waals surface area contributed by atoms with Crippen molar-refractivity contribution in [1.29, 1.82) is 0 Å². The largest absolute Gasteiger partial charge is 0.384 e. The molecule has 116 valence electrons. The van der Waals surface area contributed by atoms with E-state index in [0.717, 1.165) is 6.54 Å². The van der Waals surface area contributed by atoms with Crippen molar-refractivity contribution in [2.24, 2.45) is 0 Å². The third-order valence-corrected chi connectivity index (χ3v) is 5.08. The van der Waals surface area contributed by atoms with Crippen molar-refractivity contribution in [2.75, 3.05) is 11.9 Å². The van der Waals surface area contributed by atoms with Crippen molar-refractivity contribution in [3.8, 4) is 0 Å². The van der Waals surface area contributed by atoms with Gasteiger partial charge in [-0.25, -0.2) is 0 Å². The molecule has 2 aliphatic rings. The van der Waals surface area contributed by atoms with Gasteiger partial charge in [-0.15, -0.1) is 0 Å². The quantitative estimate of drug-likeness (QED) is 0.757. The summed E-state index contributed by atoms with van der Waals surface area (Å²) in [6.07, 6.45) is 15.6. The molecule has 0 bridgehead atoms. The number of aryl methyl sites for hydroxylation is 2. The zero-order chi connectivity index (χ0) is 14.5. The predicted octanol–water partition coefficient (Wildman–Crippen LogP) is 4.83. The molecule has 0 unspecified atom stereocenters. The predicted molar refractivity (Wildman–Crippen MR) is 90.2 cm³/mol. The smallest absolute Gasteiger partial charge is 0.0459 e. The highest BCUT2D eigenvalue weighted by Gasteiger charge is 2.22. The molecule has 0 amide bonds. The number of pyridine rings is 1. The van der Waals surface area contributed by atoms with Crippen molar-refractivity contribution >= 4 is 5.69 Å². The monoisotopic (exact) mass is 286 g/mol. The van der Waals surface area contributed by atoms with Gasteiger partial charge in [0.1, 0.15) is 0 Å². The minimum Gasteiger partial charge on any atom is -0.384 e. The van der Waals surface area contributed by atoms with E-state index in [4.69, 9.17) is 4.98 Å². The van der Waals surface area contributed by atoms with Crippen LogP contribution in [0.1, 0.15) is 80.8 Å². The lowest BCUT2D eigenvalue weighted by atomic mass is 9.87. The van der Waals surface area contributed by atoms with Crippen LogP contribution in [-0.4, -0.2) is 11.5 Å². The van der Waals surface area contributed by atoms with E-state index in [-0.39, 0.29) is 0 Å². The van der Waals surface area contributed by atoms with Crippen LogP contribution < -0.4 is 5.32 Å². The van der Waals surface area contributed by atoms with Crippen LogP contribution in [0.25, 0.3) is 0 Å². The van der Waals surface area contributed by atoms with Gasteiger partial charge in [-0.3, -0.25) is 4.98 Å². The van der Waals surface area contributed by atoms with Crippen LogP contribution >= 0.6 is 0 Å². The fraction of sp³-hybridized carbons (Fsp3) is 0.737. The van der Waals surface area contributed by atoms with Gasteiger partial charge in [-0.2, -0.15) is 0 Å². The molecule has 2 nitrogen and oxygen atoms in total. The second-order valence-corrected chi connectivity index (χ2v) is 6.74. The normalized spacial score (nSPS) is 17.2. The summed E-state index contributed by atoms with van der Waals surface area (Å²) in [6.45, 7) is 3.42. The van der Waals surface area contributed by atoms with Gasteiger partial charge in [-0.05, 0) is 68.9 Å². The molecule has 3 rings (SSSR count). The zero-order valence-corrected chi connectivity index (χ0v) is 13.6. The number of rotatable bonds is 6. The lowest BCUT2D eigenvalue weighted by Gasteiger charge is -2.27. The summed E-state index contributed by atoms with van der Waals surface area (Å²) in [6, 6.07) is 0. The van der Waals surface area contributed by atoms with Gasteiger partial charge in [0.15, 0.2) is 0 Å². The maximum absolute atomic E-state index is 5.03. The number of anilines is 1. The van der Waals surface area contributed by atoms with E-state index in [2.05, 4.69) is 12.2 Å². The minimum absolute atomic E-state index is 1.14. The van der Waals surface area contributed by atoms with Crippen molar-refractivity contribution in [2.45, 2.75) is 84.0 Å². The molecule has 21 heavy (non-hydrogen) atoms. The Kier molecular flexibility index (Phi) is 5.16. The zero-order valence-electron chi connectivity index (χ0n) is 13.6. The van der Waals surface area contributed by atoms with Crippen LogP contribution in [0.15, 0.2) is 0 Å². The maximum Gasteiger partial charge on any atom is 0.0459 e. The number of nitrogens with one attached hydrogen (secondary N) is 1. The molecule has 2 aliphatic carbocycles. The number of fused-ring (bicyclic) bond motifs is 2. The van der Waals surface area contributed by atoms with Crippen molar-refractivity contribution in [1.82, 2.24) is 4.98 Å². The van der Waals surface area contributed by atoms with Crippen LogP contribution in [-0.2, 0) is 25.7 Å². The summed E-state index contributed by atoms with van der Waals surface area (Å²) in [5.41, 5.74) is 7.47. The van der Waals surface area contributed by atoms with E-state index in [9.17, 15) is 0 Å². The fourth-order valence-electron chi connectivity index (χ4n) is 3.89. The summed E-state index contributed by atoms with van der Waals surface area (Å²) in [7, 11) is 0. The van der Waals surface area contributed by atoms with Crippen molar-refractivity contribution in [3.63, 3.8) is 0 Å². The number of nitrogens with zero attached hydrogens (tertiary/aromatic N) is 1. The third-order valence-electron chi connectivity index (χ3n) is 5.08. The SMILES string of the molecule is CCCCCCNc1c2c(nc3c1CCCC3)CCCC2. The highest BCUT2D eigenvalue weighted by Crippen LogP contribution is 2.35. The number of hydrogen-bond donors (Lipinski definition) is 1. The summed E-state index contributed by atoms with van der Waals surface area (Å²) in [4.78, 5) is 5.03. The second kappa shape index (κ2) is 7.29. The first-order valence-corrected chi connectivity index (χ1v) is 9.17. The van der Waals surface area contributed by atoms with Gasteiger partial charge in [0.05, 0.1) is 0 Å². The summed E-state index contributed by atoms with van der Waals surface area (Å²) in [5, 5.41) is 3.82. The van der Waals surface area contributed by atoms with Crippen LogP contribution in [0.4, 0.5) is 5.69 Å². The van der Waals surface area contributed by atoms with Crippen LogP contribution in [0.3, 0.4) is 0 Å². The van der Waals surface area contributed by atoms with E-state index in [1.165, 1.54) is 94.1 Å². The highest BCUT2D eigenvalue weighted by atomic mass is 14.9. The van der Waals surface area contributed by atoms with E-state index in [1.54, 1.807) is 11.1 Å². The molecule has 0 saturated carbocycles. The van der Waals surface area contributed by atoms with Gasteiger partial charge in [0.2, 0.25) is 0 Å². The van der Waals surface area contributed by atoms with Crippen LogP contribution in [0.2, 0.25) is 0 Å². The van der Waals surface area contributed by atoms with Gasteiger partial charge in [-0.1, -0.05) is 26.2 Å². The first-order chi connectivity index (χ1) is 10.4. The Hall–Kier alpha value is -1.05. The van der Waals surface area contributed by atoms with E-state index in [0.29, 0.717) is 0 Å². The number of unbranched alkanes of at least 4 members (excludes halogenated alkanes) is 3. The Morgan fingerprint density at radius 2 is 1.43 bits per heavy atom. The average molecular weight is 286 g/mol. The third kappa shape index (κ3) is 3.41. The number of hydrogen-bond acceptors (Lipinski definition) is 2. The Bertz CT molecular complexity index is 445. The first-order valence-electron chi connectivity index (χ1n) is 9.17.